The van der Waals surface area contributed by atoms with Crippen LogP contribution in [0.3, 0.4) is 0 Å². The van der Waals surface area contributed by atoms with E-state index in [1.54, 1.807) is 0 Å². The summed E-state index contributed by atoms with van der Waals surface area (Å²) in [7, 11) is 0. The highest BCUT2D eigenvalue weighted by Crippen LogP contribution is 2.30. The largest absolute Gasteiger partial charge is 0.401 e. The third-order valence-electron chi connectivity index (χ3n) is 3.55. The Labute approximate surface area is 94.2 Å². The van der Waals surface area contributed by atoms with Crippen LogP contribution in [-0.4, -0.2) is 42.8 Å². The smallest absolute Gasteiger partial charge is 0.311 e. The summed E-state index contributed by atoms with van der Waals surface area (Å²) >= 11 is 0. The zero-order chi connectivity index (χ0) is 11.8. The predicted molar refractivity (Wildman–Crippen MR) is 56.2 cm³/mol. The van der Waals surface area contributed by atoms with E-state index in [0.717, 1.165) is 18.8 Å². The summed E-state index contributed by atoms with van der Waals surface area (Å²) in [5.74, 6) is 0.758. The van der Waals surface area contributed by atoms with Gasteiger partial charge in [0.25, 0.3) is 0 Å². The molecule has 2 nitrogen and oxygen atoms in total. The van der Waals surface area contributed by atoms with Crippen molar-refractivity contribution in [2.45, 2.75) is 44.4 Å². The summed E-state index contributed by atoms with van der Waals surface area (Å²) in [6, 6.07) is 1.05. The number of hydrogen-bond acceptors (Lipinski definition) is 2. The Bertz CT molecular complexity index is 234. The monoisotopic (exact) mass is 236 g/mol. The van der Waals surface area contributed by atoms with Crippen molar-refractivity contribution in [2.75, 3.05) is 19.6 Å². The predicted octanol–water partition coefficient (Wildman–Crippen LogP) is 2.01. The van der Waals surface area contributed by atoms with Gasteiger partial charge in [0.2, 0.25) is 0 Å². The first-order valence-corrected chi connectivity index (χ1v) is 5.99. The molecule has 94 valence electrons. The van der Waals surface area contributed by atoms with Gasteiger partial charge in [0.1, 0.15) is 0 Å². The molecule has 2 unspecified atom stereocenters. The van der Waals surface area contributed by atoms with Crippen LogP contribution in [0, 0.1) is 5.92 Å². The Hall–Kier alpha value is -0.290. The Morgan fingerprint density at radius 1 is 1.25 bits per heavy atom. The van der Waals surface area contributed by atoms with E-state index in [2.05, 4.69) is 12.2 Å². The number of halogens is 3. The van der Waals surface area contributed by atoms with Gasteiger partial charge in [0.15, 0.2) is 0 Å². The van der Waals surface area contributed by atoms with E-state index in [-0.39, 0.29) is 0 Å². The summed E-state index contributed by atoms with van der Waals surface area (Å²) in [4.78, 5) is 1.51. The highest BCUT2D eigenvalue weighted by Gasteiger charge is 2.36. The first-order valence-electron chi connectivity index (χ1n) is 5.99. The maximum Gasteiger partial charge on any atom is 0.401 e. The fraction of sp³-hybridized carbons (Fsp3) is 1.00. The van der Waals surface area contributed by atoms with Gasteiger partial charge in [0.05, 0.1) is 6.54 Å². The van der Waals surface area contributed by atoms with Crippen LogP contribution < -0.4 is 5.32 Å². The van der Waals surface area contributed by atoms with Crippen molar-refractivity contribution in [2.24, 2.45) is 5.92 Å². The zero-order valence-electron chi connectivity index (χ0n) is 9.56. The van der Waals surface area contributed by atoms with Crippen LogP contribution in [0.4, 0.5) is 13.2 Å². The molecule has 16 heavy (non-hydrogen) atoms. The standard InChI is InChI=1S/C11H19F3N2/c1-8-6-10(8)15-9-2-4-16(5-3-9)7-11(12,13)14/h8-10,15H,2-7H2,1H3. The fourth-order valence-corrected chi connectivity index (χ4v) is 2.37. The van der Waals surface area contributed by atoms with Gasteiger partial charge in [0, 0.05) is 12.1 Å². The lowest BCUT2D eigenvalue weighted by molar-refractivity contribution is -0.148. The maximum atomic E-state index is 12.2. The van der Waals surface area contributed by atoms with Crippen LogP contribution in [0.1, 0.15) is 26.2 Å². The molecule has 0 aromatic rings. The lowest BCUT2D eigenvalue weighted by Gasteiger charge is -2.32. The van der Waals surface area contributed by atoms with Crippen LogP contribution in [0.2, 0.25) is 0 Å². The van der Waals surface area contributed by atoms with Crippen LogP contribution in [0.25, 0.3) is 0 Å². The van der Waals surface area contributed by atoms with Crippen molar-refractivity contribution in [3.05, 3.63) is 0 Å². The maximum absolute atomic E-state index is 12.2. The number of rotatable bonds is 3. The molecule has 2 aliphatic rings. The van der Waals surface area contributed by atoms with Gasteiger partial charge < -0.3 is 5.32 Å². The van der Waals surface area contributed by atoms with Crippen LogP contribution >= 0.6 is 0 Å². The first-order chi connectivity index (χ1) is 7.44. The normalized spacial score (nSPS) is 33.0. The van der Waals surface area contributed by atoms with Crippen molar-refractivity contribution >= 4 is 0 Å². The molecule has 0 amide bonds. The molecule has 0 aromatic carbocycles. The second-order valence-corrected chi connectivity index (χ2v) is 5.15. The van der Waals surface area contributed by atoms with E-state index in [9.17, 15) is 13.2 Å². The Balaban J connectivity index is 1.66. The summed E-state index contributed by atoms with van der Waals surface area (Å²) in [6.07, 6.45) is -1.13. The van der Waals surface area contributed by atoms with Crippen molar-refractivity contribution < 1.29 is 13.2 Å². The van der Waals surface area contributed by atoms with Gasteiger partial charge in [-0.3, -0.25) is 4.90 Å². The number of nitrogens with one attached hydrogen (secondary N) is 1. The Morgan fingerprint density at radius 3 is 2.25 bits per heavy atom. The molecule has 0 spiro atoms. The number of alkyl halides is 3. The molecular weight excluding hydrogens is 217 g/mol. The fourth-order valence-electron chi connectivity index (χ4n) is 2.37. The van der Waals surface area contributed by atoms with E-state index in [1.807, 2.05) is 0 Å². The number of piperidine rings is 1. The van der Waals surface area contributed by atoms with Crippen molar-refractivity contribution in [3.8, 4) is 0 Å². The molecule has 0 bridgehead atoms. The molecule has 1 heterocycles. The van der Waals surface area contributed by atoms with Gasteiger partial charge in [-0.25, -0.2) is 0 Å². The molecule has 5 heteroatoms. The van der Waals surface area contributed by atoms with Crippen LogP contribution in [-0.2, 0) is 0 Å². The van der Waals surface area contributed by atoms with Gasteiger partial charge in [-0.2, -0.15) is 13.2 Å². The summed E-state index contributed by atoms with van der Waals surface area (Å²) in [5, 5.41) is 3.52. The molecule has 2 fully saturated rings. The molecule has 1 saturated carbocycles. The lowest BCUT2D eigenvalue weighted by Crippen LogP contribution is -2.46. The third kappa shape index (κ3) is 3.63. The minimum atomic E-state index is -4.05. The average Bonchev–Trinajstić information content (AvgIpc) is 2.83. The van der Waals surface area contributed by atoms with E-state index in [1.165, 1.54) is 11.3 Å². The van der Waals surface area contributed by atoms with E-state index < -0.39 is 12.7 Å². The third-order valence-corrected chi connectivity index (χ3v) is 3.55. The second-order valence-electron chi connectivity index (χ2n) is 5.15. The van der Waals surface area contributed by atoms with Crippen molar-refractivity contribution in [1.82, 2.24) is 10.2 Å². The summed E-state index contributed by atoms with van der Waals surface area (Å²) < 4.78 is 36.5. The molecule has 1 aliphatic heterocycles. The van der Waals surface area contributed by atoms with Gasteiger partial charge >= 0.3 is 6.18 Å². The van der Waals surface area contributed by atoms with Crippen LogP contribution in [0.15, 0.2) is 0 Å². The van der Waals surface area contributed by atoms with Gasteiger partial charge in [-0.05, 0) is 38.3 Å². The van der Waals surface area contributed by atoms with Gasteiger partial charge in [-0.1, -0.05) is 6.92 Å². The highest BCUT2D eigenvalue weighted by molar-refractivity contribution is 4.93. The average molecular weight is 236 g/mol. The number of likely N-dealkylation sites (tertiary alicyclic amines) is 1. The van der Waals surface area contributed by atoms with E-state index in [0.29, 0.717) is 25.2 Å². The van der Waals surface area contributed by atoms with E-state index in [4.69, 9.17) is 0 Å². The highest BCUT2D eigenvalue weighted by atomic mass is 19.4. The van der Waals surface area contributed by atoms with Crippen molar-refractivity contribution in [1.29, 1.82) is 0 Å². The summed E-state index contributed by atoms with van der Waals surface area (Å²) in [5.41, 5.74) is 0. The SMILES string of the molecule is CC1CC1NC1CCN(CC(F)(F)F)CC1. The lowest BCUT2D eigenvalue weighted by atomic mass is 10.0. The van der Waals surface area contributed by atoms with Gasteiger partial charge in [-0.15, -0.1) is 0 Å². The molecule has 0 aromatic heterocycles. The zero-order valence-corrected chi connectivity index (χ0v) is 9.56. The molecule has 2 atom stereocenters. The minimum Gasteiger partial charge on any atom is -0.311 e. The number of nitrogens with zero attached hydrogens (tertiary/aromatic N) is 1. The first kappa shape index (κ1) is 12.2. The molecular formula is C11H19F3N2. The minimum absolute atomic E-state index is 0.430. The summed E-state index contributed by atoms with van der Waals surface area (Å²) in [6.45, 7) is 2.59. The topological polar surface area (TPSA) is 15.3 Å². The Kier molecular flexibility index (Phi) is 3.45. The quantitative estimate of drug-likeness (QED) is 0.806. The molecule has 1 aliphatic carbocycles. The Morgan fingerprint density at radius 2 is 1.81 bits per heavy atom. The van der Waals surface area contributed by atoms with E-state index >= 15 is 0 Å². The molecule has 1 saturated heterocycles. The number of hydrogen-bond donors (Lipinski definition) is 1. The molecule has 2 rings (SSSR count). The molecule has 0 radical (unpaired) electrons. The van der Waals surface area contributed by atoms with Crippen molar-refractivity contribution in [3.63, 3.8) is 0 Å². The molecule has 1 N–H and O–H groups in total. The van der Waals surface area contributed by atoms with Crippen LogP contribution in [0.5, 0.6) is 0 Å². The second kappa shape index (κ2) is 4.53.